The Kier molecular flexibility index (Phi) is 4.56. The highest BCUT2D eigenvalue weighted by atomic mass is 16.5. The third-order valence-corrected chi connectivity index (χ3v) is 5.50. The highest BCUT2D eigenvalue weighted by molar-refractivity contribution is 5.53. The van der Waals surface area contributed by atoms with Gasteiger partial charge in [-0.15, -0.1) is 0 Å². The molecule has 1 aliphatic carbocycles. The number of rotatable bonds is 3. The molecule has 24 heavy (non-hydrogen) atoms. The van der Waals surface area contributed by atoms with Crippen LogP contribution in [0.1, 0.15) is 24.1 Å². The number of aryl methyl sites for hydroxylation is 1. The van der Waals surface area contributed by atoms with Crippen molar-refractivity contribution in [1.29, 1.82) is 0 Å². The molecule has 7 heteroatoms. The molecule has 4 rings (SSSR count). The fourth-order valence-electron chi connectivity index (χ4n) is 4.20. The number of nitrogens with zero attached hydrogens (tertiary/aromatic N) is 4. The molecular weight excluding hydrogens is 306 g/mol. The highest BCUT2D eigenvalue weighted by Crippen LogP contribution is 2.29. The summed E-state index contributed by atoms with van der Waals surface area (Å²) in [6.07, 6.45) is 3.83. The van der Waals surface area contributed by atoms with Crippen molar-refractivity contribution in [3.63, 3.8) is 0 Å². The van der Waals surface area contributed by atoms with Crippen LogP contribution in [-0.4, -0.2) is 78.6 Å². The maximum atomic E-state index is 10.7. The lowest BCUT2D eigenvalue weighted by Crippen LogP contribution is -2.57. The van der Waals surface area contributed by atoms with Gasteiger partial charge in [-0.3, -0.25) is 4.90 Å². The number of aliphatic hydroxyl groups excluding tert-OH is 1. The molecule has 0 spiro atoms. The Balaban J connectivity index is 1.49. The van der Waals surface area contributed by atoms with Gasteiger partial charge in [0.2, 0.25) is 5.95 Å². The first kappa shape index (κ1) is 16.1. The van der Waals surface area contributed by atoms with Gasteiger partial charge in [-0.2, -0.15) is 4.98 Å². The van der Waals surface area contributed by atoms with E-state index in [9.17, 15) is 5.11 Å². The van der Waals surface area contributed by atoms with Crippen LogP contribution in [0, 0.1) is 0 Å². The van der Waals surface area contributed by atoms with Gasteiger partial charge in [-0.1, -0.05) is 0 Å². The third kappa shape index (κ3) is 2.96. The highest BCUT2D eigenvalue weighted by Gasteiger charge is 2.34. The van der Waals surface area contributed by atoms with Crippen LogP contribution >= 0.6 is 0 Å². The van der Waals surface area contributed by atoms with Crippen LogP contribution in [-0.2, 0) is 17.6 Å². The number of anilines is 2. The summed E-state index contributed by atoms with van der Waals surface area (Å²) in [5, 5.41) is 13.9. The van der Waals surface area contributed by atoms with E-state index in [1.54, 1.807) is 0 Å². The number of ether oxygens (including phenoxy) is 1. The summed E-state index contributed by atoms with van der Waals surface area (Å²) in [6.45, 7) is 4.87. The van der Waals surface area contributed by atoms with Gasteiger partial charge in [0.15, 0.2) is 0 Å². The number of fused-ring (bicyclic) bond motifs is 1. The normalized spacial score (nSPS) is 28.0. The fraction of sp³-hybridized carbons (Fsp3) is 0.765. The molecule has 0 radical (unpaired) electrons. The van der Waals surface area contributed by atoms with E-state index in [1.165, 1.54) is 11.3 Å². The summed E-state index contributed by atoms with van der Waals surface area (Å²) < 4.78 is 5.42. The molecule has 3 aliphatic rings. The Morgan fingerprint density at radius 2 is 2.00 bits per heavy atom. The van der Waals surface area contributed by atoms with E-state index in [0.29, 0.717) is 6.54 Å². The third-order valence-electron chi connectivity index (χ3n) is 5.50. The zero-order valence-electron chi connectivity index (χ0n) is 14.4. The first-order valence-corrected chi connectivity index (χ1v) is 9.08. The lowest BCUT2D eigenvalue weighted by Gasteiger charge is -2.43. The number of nitrogens with one attached hydrogen (secondary N) is 1. The zero-order valence-corrected chi connectivity index (χ0v) is 14.4. The molecule has 2 saturated heterocycles. The molecule has 1 aromatic rings. The largest absolute Gasteiger partial charge is 0.390 e. The van der Waals surface area contributed by atoms with Gasteiger partial charge in [0.1, 0.15) is 5.82 Å². The average Bonchev–Trinajstić information content (AvgIpc) is 3.10. The average molecular weight is 333 g/mol. The van der Waals surface area contributed by atoms with Crippen molar-refractivity contribution in [3.8, 4) is 0 Å². The molecule has 2 fully saturated rings. The number of β-amino-alcohol motifs (C(OH)–C–C–N with tert-alkyl or cyclic N) is 1. The van der Waals surface area contributed by atoms with Gasteiger partial charge in [0.05, 0.1) is 25.0 Å². The van der Waals surface area contributed by atoms with Crippen molar-refractivity contribution < 1.29 is 9.84 Å². The minimum absolute atomic E-state index is 0.225. The Hall–Kier alpha value is -1.44. The number of aliphatic hydroxyl groups is 1. The molecule has 132 valence electrons. The van der Waals surface area contributed by atoms with Gasteiger partial charge >= 0.3 is 0 Å². The number of hydrogen-bond acceptors (Lipinski definition) is 7. The molecule has 2 atom stereocenters. The molecular formula is C17H27N5O2. The van der Waals surface area contributed by atoms with Crippen LogP contribution in [0.4, 0.5) is 11.8 Å². The molecule has 0 amide bonds. The molecule has 3 heterocycles. The van der Waals surface area contributed by atoms with Crippen LogP contribution in [0.5, 0.6) is 0 Å². The summed E-state index contributed by atoms with van der Waals surface area (Å²) in [5.41, 5.74) is 2.44. The van der Waals surface area contributed by atoms with Gasteiger partial charge in [-0.25, -0.2) is 4.98 Å². The predicted molar refractivity (Wildman–Crippen MR) is 92.6 cm³/mol. The molecule has 1 aromatic heterocycles. The van der Waals surface area contributed by atoms with Crippen LogP contribution in [0.15, 0.2) is 0 Å². The summed E-state index contributed by atoms with van der Waals surface area (Å²) in [4.78, 5) is 14.0. The molecule has 7 nitrogen and oxygen atoms in total. The summed E-state index contributed by atoms with van der Waals surface area (Å²) in [7, 11) is 1.92. The van der Waals surface area contributed by atoms with Gasteiger partial charge < -0.3 is 20.1 Å². The van der Waals surface area contributed by atoms with Gasteiger partial charge in [0.25, 0.3) is 0 Å². The number of piperidine rings is 1. The molecule has 2 aliphatic heterocycles. The monoisotopic (exact) mass is 333 g/mol. The standard InChI is InChI=1S/C17H27N5O2/c1-18-16-12-3-2-4-13(12)19-17(20-16)22-6-5-14(15(23)11-22)21-7-9-24-10-8-21/h14-15,23H,2-11H2,1H3,(H,18,19,20)/t14-,15-/m0/s1. The van der Waals surface area contributed by atoms with Crippen LogP contribution < -0.4 is 10.2 Å². The van der Waals surface area contributed by atoms with E-state index < -0.39 is 0 Å². The lowest BCUT2D eigenvalue weighted by molar-refractivity contribution is -0.0275. The van der Waals surface area contributed by atoms with Crippen LogP contribution in [0.3, 0.4) is 0 Å². The Morgan fingerprint density at radius 1 is 1.17 bits per heavy atom. The fourth-order valence-corrected chi connectivity index (χ4v) is 4.20. The first-order chi connectivity index (χ1) is 11.8. The quantitative estimate of drug-likeness (QED) is 0.823. The second kappa shape index (κ2) is 6.82. The molecule has 0 unspecified atom stereocenters. The van der Waals surface area contributed by atoms with E-state index in [0.717, 1.165) is 70.3 Å². The maximum Gasteiger partial charge on any atom is 0.227 e. The number of hydrogen-bond donors (Lipinski definition) is 2. The summed E-state index contributed by atoms with van der Waals surface area (Å²) >= 11 is 0. The van der Waals surface area contributed by atoms with E-state index in [4.69, 9.17) is 14.7 Å². The number of aromatic nitrogens is 2. The predicted octanol–water partition coefficient (Wildman–Crippen LogP) is 0.279. The van der Waals surface area contributed by atoms with Crippen LogP contribution in [0.25, 0.3) is 0 Å². The lowest BCUT2D eigenvalue weighted by atomic mass is 10.00. The van der Waals surface area contributed by atoms with Gasteiger partial charge in [-0.05, 0) is 25.7 Å². The van der Waals surface area contributed by atoms with Crippen molar-refractivity contribution in [2.24, 2.45) is 0 Å². The zero-order chi connectivity index (χ0) is 16.5. The smallest absolute Gasteiger partial charge is 0.227 e. The Bertz CT molecular complexity index is 591. The van der Waals surface area contributed by atoms with Crippen molar-refractivity contribution >= 4 is 11.8 Å². The molecule has 0 saturated carbocycles. The Labute approximate surface area is 143 Å². The number of morpholine rings is 1. The Morgan fingerprint density at radius 3 is 2.75 bits per heavy atom. The minimum Gasteiger partial charge on any atom is -0.390 e. The van der Waals surface area contributed by atoms with E-state index in [1.807, 2.05) is 7.05 Å². The second-order valence-corrected chi connectivity index (χ2v) is 6.92. The first-order valence-electron chi connectivity index (χ1n) is 9.08. The molecule has 0 aromatic carbocycles. The summed E-state index contributed by atoms with van der Waals surface area (Å²) in [6, 6.07) is 0.225. The minimum atomic E-state index is -0.369. The second-order valence-electron chi connectivity index (χ2n) is 6.92. The van der Waals surface area contributed by atoms with Crippen LogP contribution in [0.2, 0.25) is 0 Å². The van der Waals surface area contributed by atoms with E-state index >= 15 is 0 Å². The maximum absolute atomic E-state index is 10.7. The van der Waals surface area contributed by atoms with Crippen molar-refractivity contribution in [3.05, 3.63) is 11.3 Å². The SMILES string of the molecule is CNc1nc(N2CC[C@H](N3CCOCC3)[C@@H](O)C2)nc2c1CCC2. The molecule has 2 N–H and O–H groups in total. The summed E-state index contributed by atoms with van der Waals surface area (Å²) in [5.74, 6) is 1.72. The van der Waals surface area contributed by atoms with Crippen molar-refractivity contribution in [1.82, 2.24) is 14.9 Å². The molecule has 0 bridgehead atoms. The topological polar surface area (TPSA) is 73.8 Å². The van der Waals surface area contributed by atoms with E-state index in [-0.39, 0.29) is 12.1 Å². The van der Waals surface area contributed by atoms with Crippen molar-refractivity contribution in [2.45, 2.75) is 37.8 Å². The van der Waals surface area contributed by atoms with Gasteiger partial charge in [0, 0.05) is 44.8 Å². The van der Waals surface area contributed by atoms with Crippen molar-refractivity contribution in [2.75, 3.05) is 56.7 Å². The van der Waals surface area contributed by atoms with E-state index in [2.05, 4.69) is 15.1 Å².